The first-order valence-electron chi connectivity index (χ1n) is 7.75. The van der Waals surface area contributed by atoms with Crippen LogP contribution in [0, 0.1) is 17.0 Å². The Labute approximate surface area is 148 Å². The number of hydrogen-bond donors (Lipinski definition) is 1. The minimum absolute atomic E-state index is 0.243. The van der Waals surface area contributed by atoms with Gasteiger partial charge in [0.15, 0.2) is 11.4 Å². The number of aromatic nitrogens is 2. The van der Waals surface area contributed by atoms with E-state index in [2.05, 4.69) is 4.99 Å². The van der Waals surface area contributed by atoms with E-state index in [1.165, 1.54) is 29.1 Å². The maximum Gasteiger partial charge on any atom is 0.311 e. The molecule has 0 saturated carbocycles. The molecule has 8 nitrogen and oxygen atoms in total. The van der Waals surface area contributed by atoms with Crippen molar-refractivity contribution in [2.24, 2.45) is 12.0 Å². The smallest absolute Gasteiger partial charge is 0.311 e. The Bertz CT molecular complexity index is 1060. The predicted octanol–water partition coefficient (Wildman–Crippen LogP) is 2.85. The number of phenolic OH excluding ortho intramolecular Hbond substituents is 1. The quantitative estimate of drug-likeness (QED) is 0.443. The maximum absolute atomic E-state index is 12.7. The van der Waals surface area contributed by atoms with Crippen LogP contribution in [-0.2, 0) is 7.05 Å². The molecule has 132 valence electrons. The van der Waals surface area contributed by atoms with Crippen LogP contribution < -0.4 is 5.56 Å². The van der Waals surface area contributed by atoms with E-state index in [1.807, 2.05) is 30.3 Å². The topological polar surface area (TPSA) is 103 Å². The van der Waals surface area contributed by atoms with E-state index in [0.717, 1.165) is 0 Å². The fraction of sp³-hybridized carbons (Fsp3) is 0.111. The first-order valence-corrected chi connectivity index (χ1v) is 7.75. The number of hydrogen-bond acceptors (Lipinski definition) is 5. The van der Waals surface area contributed by atoms with Gasteiger partial charge >= 0.3 is 5.69 Å². The highest BCUT2D eigenvalue weighted by molar-refractivity contribution is 5.83. The standard InChI is InChI=1S/C18H16N4O4/c1-12-17(18(24)21(20(12)2)14-6-4-3-5-7-14)19-11-13-8-9-16(23)15(10-13)22(25)26/h3-11,23H,1-2H3. The lowest BCUT2D eigenvalue weighted by atomic mass is 10.2. The average Bonchev–Trinajstić information content (AvgIpc) is 2.84. The molecule has 8 heteroatoms. The summed E-state index contributed by atoms with van der Waals surface area (Å²) in [6, 6.07) is 13.1. The van der Waals surface area contributed by atoms with Crippen LogP contribution in [0.15, 0.2) is 58.3 Å². The van der Waals surface area contributed by atoms with E-state index in [1.54, 1.807) is 18.7 Å². The van der Waals surface area contributed by atoms with Gasteiger partial charge in [-0.05, 0) is 36.8 Å². The van der Waals surface area contributed by atoms with Crippen LogP contribution in [0.25, 0.3) is 5.69 Å². The molecule has 0 amide bonds. The molecule has 0 saturated heterocycles. The van der Waals surface area contributed by atoms with E-state index in [4.69, 9.17) is 0 Å². The first kappa shape index (κ1) is 17.2. The second-order valence-electron chi connectivity index (χ2n) is 5.67. The van der Waals surface area contributed by atoms with Crippen molar-refractivity contribution in [3.63, 3.8) is 0 Å². The second kappa shape index (κ2) is 6.67. The van der Waals surface area contributed by atoms with Gasteiger partial charge in [0.25, 0.3) is 5.56 Å². The number of phenols is 1. The summed E-state index contributed by atoms with van der Waals surface area (Å²) in [7, 11) is 1.76. The van der Waals surface area contributed by atoms with Crippen molar-refractivity contribution in [3.05, 3.63) is 80.3 Å². The van der Waals surface area contributed by atoms with Crippen LogP contribution in [-0.4, -0.2) is 25.6 Å². The number of rotatable bonds is 4. The first-order chi connectivity index (χ1) is 12.4. The summed E-state index contributed by atoms with van der Waals surface area (Å²) in [5, 5.41) is 20.4. The van der Waals surface area contributed by atoms with Crippen LogP contribution in [0.4, 0.5) is 11.4 Å². The fourth-order valence-electron chi connectivity index (χ4n) is 2.61. The molecular weight excluding hydrogens is 336 g/mol. The summed E-state index contributed by atoms with van der Waals surface area (Å²) in [5.41, 5.74) is 1.31. The molecule has 0 radical (unpaired) electrons. The summed E-state index contributed by atoms with van der Waals surface area (Å²) in [6.07, 6.45) is 1.37. The Morgan fingerprint density at radius 1 is 1.19 bits per heavy atom. The minimum Gasteiger partial charge on any atom is -0.502 e. The lowest BCUT2D eigenvalue weighted by Gasteiger charge is -2.07. The van der Waals surface area contributed by atoms with Crippen LogP contribution in [0.3, 0.4) is 0 Å². The molecule has 0 fully saturated rings. The Morgan fingerprint density at radius 2 is 1.88 bits per heavy atom. The van der Waals surface area contributed by atoms with Crippen molar-refractivity contribution >= 4 is 17.6 Å². The number of nitro benzene ring substituents is 1. The molecule has 1 heterocycles. The van der Waals surface area contributed by atoms with Crippen molar-refractivity contribution in [1.29, 1.82) is 0 Å². The van der Waals surface area contributed by atoms with Crippen LogP contribution in [0.1, 0.15) is 11.3 Å². The molecule has 0 unspecified atom stereocenters. The zero-order valence-corrected chi connectivity index (χ0v) is 14.2. The van der Waals surface area contributed by atoms with Gasteiger partial charge < -0.3 is 5.11 Å². The zero-order valence-electron chi connectivity index (χ0n) is 14.2. The summed E-state index contributed by atoms with van der Waals surface area (Å²) in [6.45, 7) is 1.77. The molecule has 1 N–H and O–H groups in total. The van der Waals surface area contributed by atoms with Crippen molar-refractivity contribution in [2.45, 2.75) is 6.92 Å². The molecule has 3 aromatic rings. The lowest BCUT2D eigenvalue weighted by Crippen LogP contribution is -2.19. The number of nitrogens with zero attached hydrogens (tertiary/aromatic N) is 4. The number of nitro groups is 1. The molecule has 0 spiro atoms. The number of para-hydroxylation sites is 1. The van der Waals surface area contributed by atoms with Crippen LogP contribution >= 0.6 is 0 Å². The van der Waals surface area contributed by atoms with Gasteiger partial charge in [-0.1, -0.05) is 18.2 Å². The molecular formula is C18H16N4O4. The maximum atomic E-state index is 12.7. The summed E-state index contributed by atoms with van der Waals surface area (Å²) < 4.78 is 3.20. The minimum atomic E-state index is -0.678. The van der Waals surface area contributed by atoms with Gasteiger partial charge in [-0.2, -0.15) is 0 Å². The SMILES string of the molecule is Cc1c(N=Cc2ccc(O)c([N+](=O)[O-])c2)c(=O)n(-c2ccccc2)n1C. The van der Waals surface area contributed by atoms with E-state index >= 15 is 0 Å². The van der Waals surface area contributed by atoms with Gasteiger partial charge in [-0.25, -0.2) is 9.67 Å². The molecule has 0 aliphatic heterocycles. The van der Waals surface area contributed by atoms with Gasteiger partial charge in [-0.3, -0.25) is 19.6 Å². The second-order valence-corrected chi connectivity index (χ2v) is 5.67. The predicted molar refractivity (Wildman–Crippen MR) is 97.8 cm³/mol. The Morgan fingerprint density at radius 3 is 2.54 bits per heavy atom. The lowest BCUT2D eigenvalue weighted by molar-refractivity contribution is -0.385. The molecule has 0 aliphatic rings. The molecule has 1 aromatic heterocycles. The fourth-order valence-corrected chi connectivity index (χ4v) is 2.61. The van der Waals surface area contributed by atoms with Gasteiger partial charge in [0, 0.05) is 19.3 Å². The number of aromatic hydroxyl groups is 1. The van der Waals surface area contributed by atoms with Gasteiger partial charge in [-0.15, -0.1) is 0 Å². The monoisotopic (exact) mass is 352 g/mol. The number of benzene rings is 2. The van der Waals surface area contributed by atoms with E-state index in [0.29, 0.717) is 16.9 Å². The van der Waals surface area contributed by atoms with Crippen molar-refractivity contribution in [1.82, 2.24) is 9.36 Å². The van der Waals surface area contributed by atoms with E-state index in [-0.39, 0.29) is 11.2 Å². The van der Waals surface area contributed by atoms with Crippen LogP contribution in [0.5, 0.6) is 5.75 Å². The van der Waals surface area contributed by atoms with Crippen molar-refractivity contribution in [2.75, 3.05) is 0 Å². The van der Waals surface area contributed by atoms with Gasteiger partial charge in [0.1, 0.15) is 0 Å². The van der Waals surface area contributed by atoms with Crippen LogP contribution in [0.2, 0.25) is 0 Å². The Kier molecular flexibility index (Phi) is 4.40. The zero-order chi connectivity index (χ0) is 18.8. The highest BCUT2D eigenvalue weighted by Crippen LogP contribution is 2.26. The van der Waals surface area contributed by atoms with Gasteiger partial charge in [0.2, 0.25) is 0 Å². The molecule has 3 rings (SSSR count). The molecule has 0 aliphatic carbocycles. The molecule has 2 aromatic carbocycles. The number of aliphatic imine (C=N–C) groups is 1. The third-order valence-electron chi connectivity index (χ3n) is 4.06. The summed E-state index contributed by atoms with van der Waals surface area (Å²) in [5.74, 6) is -0.422. The summed E-state index contributed by atoms with van der Waals surface area (Å²) >= 11 is 0. The van der Waals surface area contributed by atoms with Gasteiger partial charge in [0.05, 0.1) is 16.3 Å². The van der Waals surface area contributed by atoms with Crippen molar-refractivity contribution in [3.8, 4) is 11.4 Å². The third kappa shape index (κ3) is 3.00. The molecule has 0 atom stereocenters. The Balaban J connectivity index is 2.04. The van der Waals surface area contributed by atoms with E-state index in [9.17, 15) is 20.0 Å². The molecule has 26 heavy (non-hydrogen) atoms. The molecule has 0 bridgehead atoms. The highest BCUT2D eigenvalue weighted by Gasteiger charge is 2.16. The summed E-state index contributed by atoms with van der Waals surface area (Å²) in [4.78, 5) is 27.2. The third-order valence-corrected chi connectivity index (χ3v) is 4.06. The van der Waals surface area contributed by atoms with E-state index < -0.39 is 16.4 Å². The largest absolute Gasteiger partial charge is 0.502 e. The Hall–Kier alpha value is -3.68. The highest BCUT2D eigenvalue weighted by atomic mass is 16.6. The average molecular weight is 352 g/mol. The normalized spacial score (nSPS) is 11.2. The van der Waals surface area contributed by atoms with Crippen molar-refractivity contribution < 1.29 is 10.0 Å².